The van der Waals surface area contributed by atoms with Crippen molar-refractivity contribution in [3.63, 3.8) is 0 Å². The Hall–Kier alpha value is -0.170. The van der Waals surface area contributed by atoms with Gasteiger partial charge in [0.1, 0.15) is 0 Å². The van der Waals surface area contributed by atoms with Crippen LogP contribution in [-0.4, -0.2) is 38.9 Å². The van der Waals surface area contributed by atoms with E-state index in [2.05, 4.69) is 4.72 Å². The van der Waals surface area contributed by atoms with Crippen molar-refractivity contribution in [2.45, 2.75) is 12.5 Å². The zero-order valence-corrected chi connectivity index (χ0v) is 7.26. The third kappa shape index (κ3) is 1.90. The standard InChI is InChI=1S/C5H13N3O2S/c1-7-11(9,10)8-3-2-5(6)4-8/h5,7H,2-4,6H2,1H3. The molecule has 0 spiro atoms. The van der Waals surface area contributed by atoms with Crippen molar-refractivity contribution < 1.29 is 8.42 Å². The highest BCUT2D eigenvalue weighted by atomic mass is 32.2. The van der Waals surface area contributed by atoms with Crippen LogP contribution in [0.2, 0.25) is 0 Å². The molecule has 0 amide bonds. The number of nitrogens with one attached hydrogen (secondary N) is 1. The molecule has 1 atom stereocenters. The van der Waals surface area contributed by atoms with E-state index in [4.69, 9.17) is 5.73 Å². The summed E-state index contributed by atoms with van der Waals surface area (Å²) in [6.45, 7) is 0.966. The van der Waals surface area contributed by atoms with Gasteiger partial charge in [-0.25, -0.2) is 4.72 Å². The lowest BCUT2D eigenvalue weighted by Gasteiger charge is -2.13. The molecule has 1 rings (SSSR count). The summed E-state index contributed by atoms with van der Waals surface area (Å²) in [4.78, 5) is 0. The van der Waals surface area contributed by atoms with Crippen LogP contribution < -0.4 is 10.5 Å². The highest BCUT2D eigenvalue weighted by Gasteiger charge is 2.27. The van der Waals surface area contributed by atoms with Gasteiger partial charge >= 0.3 is 0 Å². The molecule has 0 bridgehead atoms. The van der Waals surface area contributed by atoms with Crippen LogP contribution in [0.3, 0.4) is 0 Å². The van der Waals surface area contributed by atoms with Crippen molar-refractivity contribution in [1.82, 2.24) is 9.03 Å². The highest BCUT2D eigenvalue weighted by Crippen LogP contribution is 2.09. The summed E-state index contributed by atoms with van der Waals surface area (Å²) in [5, 5.41) is 0. The molecule has 0 radical (unpaired) electrons. The van der Waals surface area contributed by atoms with Crippen LogP contribution in [0.25, 0.3) is 0 Å². The van der Waals surface area contributed by atoms with E-state index in [-0.39, 0.29) is 6.04 Å². The summed E-state index contributed by atoms with van der Waals surface area (Å²) in [5.41, 5.74) is 5.54. The highest BCUT2D eigenvalue weighted by molar-refractivity contribution is 7.87. The summed E-state index contributed by atoms with van der Waals surface area (Å²) >= 11 is 0. The average Bonchev–Trinajstić information content (AvgIpc) is 2.36. The van der Waals surface area contributed by atoms with Gasteiger partial charge in [0, 0.05) is 26.2 Å². The maximum absolute atomic E-state index is 11.1. The van der Waals surface area contributed by atoms with Crippen molar-refractivity contribution >= 4 is 10.2 Å². The molecule has 66 valence electrons. The lowest BCUT2D eigenvalue weighted by molar-refractivity contribution is 0.465. The van der Waals surface area contributed by atoms with Crippen LogP contribution in [0.1, 0.15) is 6.42 Å². The largest absolute Gasteiger partial charge is 0.326 e. The Balaban J connectivity index is 2.64. The van der Waals surface area contributed by atoms with Crippen LogP contribution in [0, 0.1) is 0 Å². The number of hydrogen-bond donors (Lipinski definition) is 2. The van der Waals surface area contributed by atoms with Crippen molar-refractivity contribution in [2.75, 3.05) is 20.1 Å². The van der Waals surface area contributed by atoms with E-state index in [0.29, 0.717) is 13.1 Å². The number of nitrogens with zero attached hydrogens (tertiary/aromatic N) is 1. The zero-order valence-electron chi connectivity index (χ0n) is 6.45. The maximum Gasteiger partial charge on any atom is 0.279 e. The van der Waals surface area contributed by atoms with Gasteiger partial charge in [-0.2, -0.15) is 12.7 Å². The van der Waals surface area contributed by atoms with Crippen molar-refractivity contribution in [1.29, 1.82) is 0 Å². The van der Waals surface area contributed by atoms with E-state index in [1.165, 1.54) is 11.4 Å². The first-order valence-corrected chi connectivity index (χ1v) is 4.94. The normalized spacial score (nSPS) is 27.6. The van der Waals surface area contributed by atoms with Crippen molar-refractivity contribution in [2.24, 2.45) is 5.73 Å². The minimum atomic E-state index is -3.23. The van der Waals surface area contributed by atoms with Gasteiger partial charge in [0.2, 0.25) is 0 Å². The molecule has 1 aliphatic heterocycles. The van der Waals surface area contributed by atoms with E-state index in [1.54, 1.807) is 0 Å². The molecule has 11 heavy (non-hydrogen) atoms. The summed E-state index contributed by atoms with van der Waals surface area (Å²) in [7, 11) is -1.83. The molecular weight excluding hydrogens is 166 g/mol. The first kappa shape index (κ1) is 8.92. The lowest BCUT2D eigenvalue weighted by atomic mass is 10.3. The fourth-order valence-corrected chi connectivity index (χ4v) is 2.09. The Morgan fingerprint density at radius 1 is 1.64 bits per heavy atom. The Kier molecular flexibility index (Phi) is 2.48. The molecule has 1 saturated heterocycles. The van der Waals surface area contributed by atoms with Crippen LogP contribution in [0.5, 0.6) is 0 Å². The first-order valence-electron chi connectivity index (χ1n) is 3.50. The predicted molar refractivity (Wildman–Crippen MR) is 42.1 cm³/mol. The monoisotopic (exact) mass is 179 g/mol. The van der Waals surface area contributed by atoms with E-state index < -0.39 is 10.2 Å². The molecule has 0 aromatic carbocycles. The van der Waals surface area contributed by atoms with Crippen molar-refractivity contribution in [3.05, 3.63) is 0 Å². The Morgan fingerprint density at radius 3 is 2.64 bits per heavy atom. The molecule has 1 unspecified atom stereocenters. The second kappa shape index (κ2) is 3.06. The third-order valence-corrected chi connectivity index (χ3v) is 3.31. The average molecular weight is 179 g/mol. The van der Waals surface area contributed by atoms with Crippen LogP contribution in [-0.2, 0) is 10.2 Å². The van der Waals surface area contributed by atoms with Gasteiger partial charge in [0.05, 0.1) is 0 Å². The van der Waals surface area contributed by atoms with E-state index in [1.807, 2.05) is 0 Å². The van der Waals surface area contributed by atoms with Gasteiger partial charge in [0.25, 0.3) is 10.2 Å². The minimum absolute atomic E-state index is 0.00174. The second-order valence-electron chi connectivity index (χ2n) is 2.62. The Morgan fingerprint density at radius 2 is 2.27 bits per heavy atom. The van der Waals surface area contributed by atoms with Crippen LogP contribution in [0.4, 0.5) is 0 Å². The van der Waals surface area contributed by atoms with E-state index >= 15 is 0 Å². The molecule has 1 fully saturated rings. The van der Waals surface area contributed by atoms with Gasteiger partial charge in [-0.3, -0.25) is 0 Å². The third-order valence-electron chi connectivity index (χ3n) is 1.79. The maximum atomic E-state index is 11.1. The van der Waals surface area contributed by atoms with Gasteiger partial charge in [-0.05, 0) is 6.42 Å². The number of hydrogen-bond acceptors (Lipinski definition) is 3. The molecule has 0 aromatic heterocycles. The quantitative estimate of drug-likeness (QED) is 0.541. The van der Waals surface area contributed by atoms with Crippen LogP contribution in [0.15, 0.2) is 0 Å². The van der Waals surface area contributed by atoms with Crippen molar-refractivity contribution in [3.8, 4) is 0 Å². The fourth-order valence-electron chi connectivity index (χ4n) is 1.10. The van der Waals surface area contributed by atoms with Gasteiger partial charge < -0.3 is 5.73 Å². The molecule has 1 aliphatic rings. The molecular formula is C5H13N3O2S. The minimum Gasteiger partial charge on any atom is -0.326 e. The van der Waals surface area contributed by atoms with Crippen LogP contribution >= 0.6 is 0 Å². The summed E-state index contributed by atoms with van der Waals surface area (Å²) in [6.07, 6.45) is 0.751. The predicted octanol–water partition coefficient (Wildman–Crippen LogP) is -1.52. The fraction of sp³-hybridized carbons (Fsp3) is 1.00. The summed E-state index contributed by atoms with van der Waals surface area (Å²) in [6, 6.07) is -0.00174. The lowest BCUT2D eigenvalue weighted by Crippen LogP contribution is -2.38. The summed E-state index contributed by atoms with van der Waals surface area (Å²) in [5.74, 6) is 0. The molecule has 3 N–H and O–H groups in total. The molecule has 6 heteroatoms. The number of nitrogens with two attached hydrogens (primary N) is 1. The molecule has 0 saturated carbocycles. The first-order chi connectivity index (χ1) is 5.06. The zero-order chi connectivity index (χ0) is 8.48. The molecule has 5 nitrogen and oxygen atoms in total. The number of rotatable bonds is 2. The second-order valence-corrected chi connectivity index (χ2v) is 4.49. The van der Waals surface area contributed by atoms with E-state index in [0.717, 1.165) is 6.42 Å². The smallest absolute Gasteiger partial charge is 0.279 e. The topological polar surface area (TPSA) is 75.4 Å². The Labute approximate surface area is 66.7 Å². The SMILES string of the molecule is CNS(=O)(=O)N1CCC(N)C1. The van der Waals surface area contributed by atoms with Gasteiger partial charge in [-0.15, -0.1) is 0 Å². The molecule has 0 aromatic rings. The molecule has 1 heterocycles. The molecule has 0 aliphatic carbocycles. The Bertz CT molecular complexity index is 226. The summed E-state index contributed by atoms with van der Waals surface area (Å²) < 4.78 is 25.8. The van der Waals surface area contributed by atoms with Gasteiger partial charge in [0.15, 0.2) is 0 Å². The van der Waals surface area contributed by atoms with Gasteiger partial charge in [-0.1, -0.05) is 0 Å². The van der Waals surface area contributed by atoms with E-state index in [9.17, 15) is 8.42 Å².